The Bertz CT molecular complexity index is 1880. The van der Waals surface area contributed by atoms with Gasteiger partial charge in [0.2, 0.25) is 0 Å². The Balaban J connectivity index is 1.70. The van der Waals surface area contributed by atoms with Crippen molar-refractivity contribution in [1.29, 1.82) is 0 Å². The summed E-state index contributed by atoms with van der Waals surface area (Å²) < 4.78 is 2.40. The number of rotatable bonds is 3. The molecule has 0 fully saturated rings. The Morgan fingerprint density at radius 1 is 0.744 bits per heavy atom. The molecule has 3 aromatic carbocycles. The average molecular weight is 504 g/mol. The molecule has 0 atom stereocenters. The Kier molecular flexibility index (Phi) is 5.39. The van der Waals surface area contributed by atoms with Gasteiger partial charge in [0, 0.05) is 27.9 Å². The maximum absolute atomic E-state index is 5.22. The van der Waals surface area contributed by atoms with Crippen LogP contribution in [0.3, 0.4) is 0 Å². The van der Waals surface area contributed by atoms with Crippen molar-refractivity contribution in [2.45, 2.75) is 52.0 Å². The predicted molar refractivity (Wildman–Crippen MR) is 178 cm³/mol. The van der Waals surface area contributed by atoms with Gasteiger partial charge in [0.05, 0.1) is 27.6 Å². The van der Waals surface area contributed by atoms with E-state index in [-0.39, 0.29) is 21.3 Å². The molecule has 0 bridgehead atoms. The van der Waals surface area contributed by atoms with E-state index in [0.717, 1.165) is 11.1 Å². The van der Waals surface area contributed by atoms with E-state index in [9.17, 15) is 0 Å². The smallest absolute Gasteiger partial charge is 0.105 e. The molecule has 3 heterocycles. The lowest BCUT2D eigenvalue weighted by Crippen LogP contribution is -2.47. The standard InChI is InChI=1S/C33H36B4N2/c1-30(2,3)32(34,35)23-17-25(38-18-24(23)33(36,37)31(4,5)6)21-13-10-16-27-28(21)22-14-9-12-20-19-11-7-8-15-26(19)39(27)29(20)22/h8-10,12-18H,34-37H2,1-6H3. The first-order valence-corrected chi connectivity index (χ1v) is 14.2. The molecular formula is C33H36B4N2. The predicted octanol–water partition coefficient (Wildman–Crippen LogP) is 4.43. The van der Waals surface area contributed by atoms with Gasteiger partial charge in [-0.1, -0.05) is 100.0 Å². The Morgan fingerprint density at radius 3 is 2.08 bits per heavy atom. The van der Waals surface area contributed by atoms with E-state index in [1.54, 1.807) is 0 Å². The number of hydrogen-bond acceptors (Lipinski definition) is 1. The molecule has 0 aliphatic carbocycles. The number of fused-ring (bicyclic) bond motifs is 6. The molecular weight excluding hydrogens is 468 g/mol. The molecule has 6 rings (SSSR count). The highest BCUT2D eigenvalue weighted by Crippen LogP contribution is 2.47. The zero-order chi connectivity index (χ0) is 28.1. The van der Waals surface area contributed by atoms with Crippen LogP contribution in [0, 0.1) is 23.0 Å². The third-order valence-corrected chi connectivity index (χ3v) is 10.4. The van der Waals surface area contributed by atoms with Crippen LogP contribution in [0.5, 0.6) is 0 Å². The highest BCUT2D eigenvalue weighted by atomic mass is 14.9. The van der Waals surface area contributed by atoms with E-state index in [2.05, 4.69) is 144 Å². The Morgan fingerprint density at radius 2 is 1.38 bits per heavy atom. The van der Waals surface area contributed by atoms with Crippen LogP contribution in [0.4, 0.5) is 0 Å². The minimum Gasteiger partial charge on any atom is -0.307 e. The molecule has 0 spiro atoms. The summed E-state index contributed by atoms with van der Waals surface area (Å²) in [7, 11) is 9.55. The second-order valence-electron chi connectivity index (χ2n) is 14.5. The lowest BCUT2D eigenvalue weighted by atomic mass is 9.35. The lowest BCUT2D eigenvalue weighted by Gasteiger charge is -2.47. The van der Waals surface area contributed by atoms with Gasteiger partial charge in [-0.3, -0.25) is 4.98 Å². The summed E-state index contributed by atoms with van der Waals surface area (Å²) in [5.41, 5.74) is 8.77. The first kappa shape index (κ1) is 25.9. The van der Waals surface area contributed by atoms with Gasteiger partial charge in [0.25, 0.3) is 0 Å². The molecule has 6 heteroatoms. The number of hydrogen-bond donors (Lipinski definition) is 0. The van der Waals surface area contributed by atoms with Gasteiger partial charge in [-0.15, -0.1) is 0 Å². The van der Waals surface area contributed by atoms with Gasteiger partial charge >= 0.3 is 0 Å². The molecule has 39 heavy (non-hydrogen) atoms. The first-order valence-electron chi connectivity index (χ1n) is 14.2. The molecule has 0 N–H and O–H groups in total. The summed E-state index contributed by atoms with van der Waals surface area (Å²) in [4.78, 5) is 5.22. The molecule has 2 nitrogen and oxygen atoms in total. The van der Waals surface area contributed by atoms with Crippen molar-refractivity contribution in [3.05, 3.63) is 84.1 Å². The van der Waals surface area contributed by atoms with Crippen LogP contribution in [-0.4, -0.2) is 40.8 Å². The minimum atomic E-state index is -0.0612. The number of para-hydroxylation sites is 1. The van der Waals surface area contributed by atoms with E-state index in [1.807, 2.05) is 6.07 Å². The lowest BCUT2D eigenvalue weighted by molar-refractivity contribution is 0.335. The summed E-state index contributed by atoms with van der Waals surface area (Å²) in [6.07, 6.45) is 2.18. The molecule has 3 aromatic heterocycles. The normalized spacial score (nSPS) is 13.6. The molecule has 0 amide bonds. The zero-order valence-corrected chi connectivity index (χ0v) is 25.2. The van der Waals surface area contributed by atoms with Gasteiger partial charge in [-0.25, -0.2) is 0 Å². The average Bonchev–Trinajstić information content (AvgIpc) is 3.39. The fourth-order valence-corrected chi connectivity index (χ4v) is 5.98. The maximum Gasteiger partial charge on any atom is 0.105 e. The van der Waals surface area contributed by atoms with Crippen LogP contribution in [0.25, 0.3) is 49.4 Å². The number of aromatic nitrogens is 2. The SMILES string of the molecule is BC(B)(c1cnc(-c2cccc3c2c2cccc4c5c#cccc5n3c42)cc1C(B)(B)C(C)(C)C)C(C)(C)C. The van der Waals surface area contributed by atoms with Crippen LogP contribution in [-0.2, 0) is 10.4 Å². The van der Waals surface area contributed by atoms with Crippen molar-refractivity contribution < 1.29 is 0 Å². The number of benzene rings is 2. The van der Waals surface area contributed by atoms with Crippen LogP contribution in [0.1, 0.15) is 52.7 Å². The van der Waals surface area contributed by atoms with Crippen molar-refractivity contribution in [2.75, 3.05) is 0 Å². The number of pyridine rings is 1. The minimum absolute atomic E-state index is 0.0502. The van der Waals surface area contributed by atoms with E-state index in [1.165, 1.54) is 49.4 Å². The van der Waals surface area contributed by atoms with Gasteiger partial charge in [-0.05, 0) is 40.7 Å². The van der Waals surface area contributed by atoms with Crippen molar-refractivity contribution in [3.8, 4) is 11.3 Å². The Hall–Kier alpha value is -3.31. The van der Waals surface area contributed by atoms with Gasteiger partial charge < -0.3 is 4.40 Å². The zero-order valence-electron chi connectivity index (χ0n) is 25.2. The summed E-state index contributed by atoms with van der Waals surface area (Å²) in [5.74, 6) is 0. The highest BCUT2D eigenvalue weighted by Gasteiger charge is 2.42. The molecule has 0 aliphatic heterocycles. The second-order valence-corrected chi connectivity index (χ2v) is 14.5. The summed E-state index contributed by atoms with van der Waals surface area (Å²) in [5, 5.41) is 4.78. The Labute approximate surface area is 236 Å². The van der Waals surface area contributed by atoms with Crippen molar-refractivity contribution in [2.24, 2.45) is 10.8 Å². The molecule has 0 aliphatic rings. The van der Waals surface area contributed by atoms with Crippen LogP contribution >= 0.6 is 0 Å². The van der Waals surface area contributed by atoms with Crippen molar-refractivity contribution in [1.82, 2.24) is 9.38 Å². The fourth-order valence-electron chi connectivity index (χ4n) is 5.98. The molecule has 0 saturated heterocycles. The molecule has 0 unspecified atom stereocenters. The topological polar surface area (TPSA) is 17.3 Å². The quantitative estimate of drug-likeness (QED) is 0.327. The molecule has 6 aromatic rings. The molecule has 0 saturated carbocycles. The second kappa shape index (κ2) is 8.11. The summed E-state index contributed by atoms with van der Waals surface area (Å²) >= 11 is 0. The van der Waals surface area contributed by atoms with Gasteiger partial charge in [-0.2, -0.15) is 0 Å². The summed E-state index contributed by atoms with van der Waals surface area (Å²) in [6.45, 7) is 14.1. The van der Waals surface area contributed by atoms with Gasteiger partial charge in [0.15, 0.2) is 0 Å². The van der Waals surface area contributed by atoms with E-state index < -0.39 is 0 Å². The van der Waals surface area contributed by atoms with Crippen LogP contribution < -0.4 is 0 Å². The first-order chi connectivity index (χ1) is 18.2. The van der Waals surface area contributed by atoms with Crippen LogP contribution in [0.15, 0.2) is 60.8 Å². The summed E-state index contributed by atoms with van der Waals surface area (Å²) in [6, 6.07) is 26.3. The van der Waals surface area contributed by atoms with E-state index >= 15 is 0 Å². The fraction of sp³-hybridized carbons (Fsp3) is 0.303. The van der Waals surface area contributed by atoms with Crippen LogP contribution in [0.2, 0.25) is 0 Å². The largest absolute Gasteiger partial charge is 0.307 e. The van der Waals surface area contributed by atoms with E-state index in [4.69, 9.17) is 4.98 Å². The highest BCUT2D eigenvalue weighted by molar-refractivity contribution is 6.43. The monoisotopic (exact) mass is 504 g/mol. The van der Waals surface area contributed by atoms with Crippen molar-refractivity contribution in [3.63, 3.8) is 0 Å². The number of nitrogens with zero attached hydrogens (tertiary/aromatic N) is 2. The third kappa shape index (κ3) is 3.52. The third-order valence-electron chi connectivity index (χ3n) is 10.4. The van der Waals surface area contributed by atoms with E-state index in [0.29, 0.717) is 0 Å². The molecule has 190 valence electrons. The van der Waals surface area contributed by atoms with Gasteiger partial charge in [0.1, 0.15) is 31.4 Å². The maximum atomic E-state index is 5.22. The molecule has 0 radical (unpaired) electrons. The van der Waals surface area contributed by atoms with Crippen molar-refractivity contribution >= 4 is 69.5 Å².